The van der Waals surface area contributed by atoms with Gasteiger partial charge in [-0.25, -0.2) is 0 Å². The molecule has 1 aromatic heterocycles. The normalized spacial score (nSPS) is 11.8. The minimum Gasteiger partial charge on any atom is -0.396 e. The number of benzene rings is 1. The molecule has 1 heterocycles. The maximum Gasteiger partial charge on any atom is 0.416 e. The minimum absolute atomic E-state index is 0.354. The monoisotopic (exact) mass is 241 g/mol. The fourth-order valence-electron chi connectivity index (χ4n) is 1.57. The summed E-state index contributed by atoms with van der Waals surface area (Å²) in [5.74, 6) is 0. The van der Waals surface area contributed by atoms with Crippen LogP contribution >= 0.6 is 0 Å². The Kier molecular flexibility index (Phi) is 2.57. The largest absolute Gasteiger partial charge is 0.416 e. The topological polar surface area (TPSA) is 43.8 Å². The Morgan fingerprint density at radius 1 is 1.29 bits per heavy atom. The van der Waals surface area contributed by atoms with E-state index in [1.165, 1.54) is 10.7 Å². The van der Waals surface area contributed by atoms with E-state index < -0.39 is 11.7 Å². The van der Waals surface area contributed by atoms with E-state index in [4.69, 9.17) is 5.73 Å². The van der Waals surface area contributed by atoms with E-state index in [0.717, 1.165) is 12.1 Å². The first-order valence-electron chi connectivity index (χ1n) is 4.84. The van der Waals surface area contributed by atoms with E-state index in [9.17, 15) is 13.2 Å². The summed E-state index contributed by atoms with van der Waals surface area (Å²) in [5, 5.41) is 4.03. The molecule has 6 heteroatoms. The van der Waals surface area contributed by atoms with Crippen molar-refractivity contribution in [3.63, 3.8) is 0 Å². The first kappa shape index (κ1) is 11.5. The molecule has 0 bridgehead atoms. The lowest BCUT2D eigenvalue weighted by Gasteiger charge is -2.07. The van der Waals surface area contributed by atoms with E-state index in [0.29, 0.717) is 16.9 Å². The Balaban J connectivity index is 2.50. The molecule has 0 aliphatic rings. The first-order valence-corrected chi connectivity index (χ1v) is 4.84. The van der Waals surface area contributed by atoms with Crippen molar-refractivity contribution in [2.24, 2.45) is 7.05 Å². The van der Waals surface area contributed by atoms with Crippen LogP contribution in [0.4, 0.5) is 18.9 Å². The van der Waals surface area contributed by atoms with Crippen molar-refractivity contribution in [3.05, 3.63) is 36.0 Å². The smallest absolute Gasteiger partial charge is 0.396 e. The van der Waals surface area contributed by atoms with Crippen molar-refractivity contribution in [1.29, 1.82) is 0 Å². The van der Waals surface area contributed by atoms with Gasteiger partial charge in [0.2, 0.25) is 0 Å². The van der Waals surface area contributed by atoms with Gasteiger partial charge in [0.15, 0.2) is 0 Å². The summed E-state index contributed by atoms with van der Waals surface area (Å²) in [6, 6.07) is 4.95. The highest BCUT2D eigenvalue weighted by atomic mass is 19.4. The molecule has 17 heavy (non-hydrogen) atoms. The van der Waals surface area contributed by atoms with Crippen molar-refractivity contribution in [2.45, 2.75) is 6.18 Å². The Hall–Kier alpha value is -1.98. The number of anilines is 1. The molecule has 0 unspecified atom stereocenters. The molecule has 90 valence electrons. The molecule has 2 N–H and O–H groups in total. The van der Waals surface area contributed by atoms with Gasteiger partial charge >= 0.3 is 6.18 Å². The van der Waals surface area contributed by atoms with Crippen molar-refractivity contribution in [3.8, 4) is 11.3 Å². The molecular formula is C11H10F3N3. The number of aromatic nitrogens is 2. The zero-order valence-electron chi connectivity index (χ0n) is 8.99. The van der Waals surface area contributed by atoms with Gasteiger partial charge in [-0.3, -0.25) is 4.68 Å². The van der Waals surface area contributed by atoms with Gasteiger partial charge in [0, 0.05) is 18.8 Å². The van der Waals surface area contributed by atoms with Gasteiger partial charge in [-0.05, 0) is 12.1 Å². The number of hydrogen-bond donors (Lipinski definition) is 1. The lowest BCUT2D eigenvalue weighted by Crippen LogP contribution is -2.04. The zero-order chi connectivity index (χ0) is 12.6. The third-order valence-corrected chi connectivity index (χ3v) is 2.32. The predicted molar refractivity (Wildman–Crippen MR) is 58.1 cm³/mol. The summed E-state index contributed by atoms with van der Waals surface area (Å²) in [4.78, 5) is 0. The summed E-state index contributed by atoms with van der Waals surface area (Å²) >= 11 is 0. The van der Waals surface area contributed by atoms with Gasteiger partial charge in [-0.2, -0.15) is 18.3 Å². The van der Waals surface area contributed by atoms with E-state index in [2.05, 4.69) is 5.10 Å². The van der Waals surface area contributed by atoms with Crippen molar-refractivity contribution >= 4 is 5.69 Å². The van der Waals surface area contributed by atoms with Gasteiger partial charge in [0.25, 0.3) is 0 Å². The fourth-order valence-corrected chi connectivity index (χ4v) is 1.57. The van der Waals surface area contributed by atoms with E-state index in [-0.39, 0.29) is 0 Å². The molecule has 0 fully saturated rings. The molecule has 2 aromatic rings. The molecule has 0 aliphatic carbocycles. The van der Waals surface area contributed by atoms with Crippen molar-refractivity contribution < 1.29 is 13.2 Å². The second-order valence-electron chi connectivity index (χ2n) is 3.69. The van der Waals surface area contributed by atoms with Crippen LogP contribution in [0.3, 0.4) is 0 Å². The molecular weight excluding hydrogens is 231 g/mol. The number of nitrogens with two attached hydrogens (primary N) is 1. The van der Waals surface area contributed by atoms with Crippen LogP contribution in [0, 0.1) is 0 Å². The molecule has 0 radical (unpaired) electrons. The lowest BCUT2D eigenvalue weighted by atomic mass is 10.1. The van der Waals surface area contributed by atoms with E-state index >= 15 is 0 Å². The number of aryl methyl sites for hydroxylation is 1. The summed E-state index contributed by atoms with van der Waals surface area (Å²) in [6.45, 7) is 0. The molecule has 0 saturated carbocycles. The average Bonchev–Trinajstić information content (AvgIpc) is 2.57. The van der Waals surface area contributed by atoms with E-state index in [1.54, 1.807) is 19.3 Å². The summed E-state index contributed by atoms with van der Waals surface area (Å²) in [6.07, 6.45) is -2.81. The zero-order valence-corrected chi connectivity index (χ0v) is 8.99. The Morgan fingerprint density at radius 3 is 2.53 bits per heavy atom. The molecule has 0 amide bonds. The minimum atomic E-state index is -4.36. The SMILES string of the molecule is Cn1cc(N)c(-c2cccc(C(F)(F)F)c2)n1. The second-order valence-corrected chi connectivity index (χ2v) is 3.69. The van der Waals surface area contributed by atoms with Gasteiger partial charge in [0.05, 0.1) is 11.3 Å². The van der Waals surface area contributed by atoms with Crippen LogP contribution in [0.5, 0.6) is 0 Å². The molecule has 0 atom stereocenters. The highest BCUT2D eigenvalue weighted by molar-refractivity contribution is 5.72. The van der Waals surface area contributed by atoms with Crippen LogP contribution in [-0.4, -0.2) is 9.78 Å². The highest BCUT2D eigenvalue weighted by Crippen LogP contribution is 2.32. The molecule has 1 aromatic carbocycles. The summed E-state index contributed by atoms with van der Waals surface area (Å²) < 4.78 is 39.1. The van der Waals surface area contributed by atoms with E-state index in [1.807, 2.05) is 0 Å². The van der Waals surface area contributed by atoms with Gasteiger partial charge < -0.3 is 5.73 Å². The Morgan fingerprint density at radius 2 is 2.00 bits per heavy atom. The second kappa shape index (κ2) is 3.80. The van der Waals surface area contributed by atoms with Crippen LogP contribution in [0.2, 0.25) is 0 Å². The van der Waals surface area contributed by atoms with Crippen LogP contribution in [0.15, 0.2) is 30.5 Å². The quantitative estimate of drug-likeness (QED) is 0.834. The van der Waals surface area contributed by atoms with Crippen molar-refractivity contribution in [2.75, 3.05) is 5.73 Å². The Bertz CT molecular complexity index is 543. The third kappa shape index (κ3) is 2.25. The Labute approximate surface area is 95.7 Å². The van der Waals surface area contributed by atoms with Crippen LogP contribution < -0.4 is 5.73 Å². The number of rotatable bonds is 1. The maximum absolute atomic E-state index is 12.5. The first-order chi connectivity index (χ1) is 7.88. The molecule has 0 aliphatic heterocycles. The third-order valence-electron chi connectivity index (χ3n) is 2.32. The van der Waals surface area contributed by atoms with Crippen LogP contribution in [-0.2, 0) is 13.2 Å². The number of nitrogen functional groups attached to an aromatic ring is 1. The number of hydrogen-bond acceptors (Lipinski definition) is 2. The highest BCUT2D eigenvalue weighted by Gasteiger charge is 2.30. The molecule has 0 saturated heterocycles. The van der Waals surface area contributed by atoms with Gasteiger partial charge in [-0.1, -0.05) is 12.1 Å². The fraction of sp³-hybridized carbons (Fsp3) is 0.182. The van der Waals surface area contributed by atoms with Gasteiger partial charge in [0.1, 0.15) is 5.69 Å². The number of halogens is 3. The summed E-state index contributed by atoms with van der Waals surface area (Å²) in [5.41, 5.74) is 6.03. The molecule has 0 spiro atoms. The number of nitrogens with zero attached hydrogens (tertiary/aromatic N) is 2. The van der Waals surface area contributed by atoms with Crippen LogP contribution in [0.1, 0.15) is 5.56 Å². The standard InChI is InChI=1S/C11H10F3N3/c1-17-6-9(15)10(16-17)7-3-2-4-8(5-7)11(12,13)14/h2-6H,15H2,1H3. The maximum atomic E-state index is 12.5. The van der Waals surface area contributed by atoms with Gasteiger partial charge in [-0.15, -0.1) is 0 Å². The van der Waals surface area contributed by atoms with Crippen LogP contribution in [0.25, 0.3) is 11.3 Å². The number of alkyl halides is 3. The summed E-state index contributed by atoms with van der Waals surface area (Å²) in [7, 11) is 1.66. The van der Waals surface area contributed by atoms with Crippen molar-refractivity contribution in [1.82, 2.24) is 9.78 Å². The molecule has 3 nitrogen and oxygen atoms in total. The predicted octanol–water partition coefficient (Wildman–Crippen LogP) is 2.69. The average molecular weight is 241 g/mol. The lowest BCUT2D eigenvalue weighted by molar-refractivity contribution is -0.137. The molecule has 2 rings (SSSR count).